The maximum Gasteiger partial charge on any atom is 0.361 e. The largest absolute Gasteiger partial charge is 0.477 e. The van der Waals surface area contributed by atoms with Crippen molar-refractivity contribution in [2.45, 2.75) is 6.92 Å². The van der Waals surface area contributed by atoms with Gasteiger partial charge in [0.25, 0.3) is 5.69 Å². The number of aromatic carboxylic acids is 1. The second kappa shape index (κ2) is 4.64. The van der Waals surface area contributed by atoms with E-state index < -0.39 is 48.9 Å². The van der Waals surface area contributed by atoms with E-state index in [9.17, 15) is 35.1 Å². The molecule has 100 valence electrons. The van der Waals surface area contributed by atoms with Crippen LogP contribution < -0.4 is 0 Å². The molecule has 0 heterocycles. The van der Waals surface area contributed by atoms with Crippen LogP contribution in [0.2, 0.25) is 0 Å². The quantitative estimate of drug-likeness (QED) is 0.633. The smallest absolute Gasteiger partial charge is 0.361 e. The molecule has 1 aromatic carbocycles. The minimum atomic E-state index is -1.86. The number of benzene rings is 1. The molecule has 11 heteroatoms. The Balaban J connectivity index is 3.94. The Kier molecular flexibility index (Phi) is 3.41. The summed E-state index contributed by atoms with van der Waals surface area (Å²) in [6.45, 7) is 0.939. The first-order chi connectivity index (χ1) is 8.68. The van der Waals surface area contributed by atoms with Crippen LogP contribution in [0.15, 0.2) is 6.07 Å². The summed E-state index contributed by atoms with van der Waals surface area (Å²) in [5.41, 5.74) is -5.02. The minimum absolute atomic E-state index is 0.433. The highest BCUT2D eigenvalue weighted by atomic mass is 16.6. The lowest BCUT2D eigenvalue weighted by atomic mass is 10.0. The Morgan fingerprint density at radius 3 is 1.84 bits per heavy atom. The van der Waals surface area contributed by atoms with Gasteiger partial charge >= 0.3 is 17.3 Å². The molecule has 1 rings (SSSR count). The molecule has 11 nitrogen and oxygen atoms in total. The van der Waals surface area contributed by atoms with E-state index in [-0.39, 0.29) is 0 Å². The van der Waals surface area contributed by atoms with E-state index in [1.807, 2.05) is 0 Å². The number of hydrogen-bond donors (Lipinski definition) is 1. The van der Waals surface area contributed by atoms with Crippen LogP contribution in [0.5, 0.6) is 0 Å². The standard InChI is InChI=1S/C8H5N3O8/c1-3-5(9(14)15)2-4(8(12)13)7(11(18)19)6(3)10(16)17/h2H,1H3,(H,12,13). The lowest BCUT2D eigenvalue weighted by molar-refractivity contribution is -0.425. The number of nitrogens with zero attached hydrogens (tertiary/aromatic N) is 3. The van der Waals surface area contributed by atoms with E-state index in [0.29, 0.717) is 6.07 Å². The predicted octanol–water partition coefficient (Wildman–Crippen LogP) is 1.42. The second-order valence-electron chi connectivity index (χ2n) is 3.34. The summed E-state index contributed by atoms with van der Waals surface area (Å²) in [5.74, 6) is -1.86. The van der Waals surface area contributed by atoms with Gasteiger partial charge in [-0.25, -0.2) is 4.79 Å². The van der Waals surface area contributed by atoms with Crippen molar-refractivity contribution in [3.05, 3.63) is 47.5 Å². The Labute approximate surface area is 103 Å². The number of rotatable bonds is 4. The van der Waals surface area contributed by atoms with Crippen molar-refractivity contribution in [2.75, 3.05) is 0 Å². The van der Waals surface area contributed by atoms with Gasteiger partial charge < -0.3 is 5.11 Å². The maximum absolute atomic E-state index is 10.8. The number of nitro benzene ring substituents is 3. The van der Waals surface area contributed by atoms with Gasteiger partial charge in [-0.15, -0.1) is 0 Å². The fourth-order valence-electron chi connectivity index (χ4n) is 1.50. The zero-order chi connectivity index (χ0) is 14.9. The molecule has 0 unspecified atom stereocenters. The molecule has 0 fully saturated rings. The van der Waals surface area contributed by atoms with Crippen molar-refractivity contribution >= 4 is 23.0 Å². The third-order valence-electron chi connectivity index (χ3n) is 2.29. The van der Waals surface area contributed by atoms with Crippen LogP contribution >= 0.6 is 0 Å². The molecule has 0 bridgehead atoms. The van der Waals surface area contributed by atoms with Crippen molar-refractivity contribution in [2.24, 2.45) is 0 Å². The molecule has 0 aliphatic carbocycles. The Morgan fingerprint density at radius 1 is 1.05 bits per heavy atom. The van der Waals surface area contributed by atoms with Gasteiger partial charge in [0.05, 0.1) is 14.8 Å². The summed E-state index contributed by atoms with van der Waals surface area (Å²) in [6, 6.07) is 0.433. The summed E-state index contributed by atoms with van der Waals surface area (Å²) in [5, 5.41) is 41.0. The molecule has 0 aromatic heterocycles. The molecule has 19 heavy (non-hydrogen) atoms. The first-order valence-electron chi connectivity index (χ1n) is 4.52. The van der Waals surface area contributed by atoms with Gasteiger partial charge in [0.2, 0.25) is 0 Å². The van der Waals surface area contributed by atoms with E-state index in [1.54, 1.807) is 0 Å². The van der Waals surface area contributed by atoms with E-state index in [0.717, 1.165) is 6.92 Å². The zero-order valence-electron chi connectivity index (χ0n) is 9.22. The Hall–Kier alpha value is -3.11. The summed E-state index contributed by atoms with van der Waals surface area (Å²) in [6.07, 6.45) is 0. The van der Waals surface area contributed by atoms with Crippen molar-refractivity contribution in [3.63, 3.8) is 0 Å². The summed E-state index contributed by atoms with van der Waals surface area (Å²) >= 11 is 0. The fourth-order valence-corrected chi connectivity index (χ4v) is 1.50. The lowest BCUT2D eigenvalue weighted by Crippen LogP contribution is -2.09. The van der Waals surface area contributed by atoms with Crippen LogP contribution in [-0.4, -0.2) is 25.8 Å². The number of carbonyl (C=O) groups is 1. The molecule has 0 saturated carbocycles. The molecular formula is C8H5N3O8. The van der Waals surface area contributed by atoms with Gasteiger partial charge in [-0.2, -0.15) is 0 Å². The number of hydrogen-bond acceptors (Lipinski definition) is 7. The maximum atomic E-state index is 10.8. The van der Waals surface area contributed by atoms with Crippen molar-refractivity contribution in [1.29, 1.82) is 0 Å². The molecule has 0 aliphatic heterocycles. The zero-order valence-corrected chi connectivity index (χ0v) is 9.22. The van der Waals surface area contributed by atoms with Gasteiger partial charge in [-0.3, -0.25) is 30.3 Å². The minimum Gasteiger partial charge on any atom is -0.477 e. The van der Waals surface area contributed by atoms with Crippen molar-refractivity contribution in [1.82, 2.24) is 0 Å². The molecule has 0 saturated heterocycles. The average Bonchev–Trinajstić information content (AvgIpc) is 2.26. The van der Waals surface area contributed by atoms with Crippen LogP contribution in [0.1, 0.15) is 15.9 Å². The van der Waals surface area contributed by atoms with Crippen molar-refractivity contribution in [3.8, 4) is 0 Å². The van der Waals surface area contributed by atoms with Crippen LogP contribution in [0.3, 0.4) is 0 Å². The van der Waals surface area contributed by atoms with Crippen LogP contribution in [0.25, 0.3) is 0 Å². The van der Waals surface area contributed by atoms with E-state index >= 15 is 0 Å². The molecule has 0 aliphatic rings. The van der Waals surface area contributed by atoms with Gasteiger partial charge in [0.1, 0.15) is 5.56 Å². The average molecular weight is 271 g/mol. The van der Waals surface area contributed by atoms with Crippen LogP contribution in [0, 0.1) is 37.3 Å². The Bertz CT molecular complexity index is 623. The first kappa shape index (κ1) is 14.0. The molecule has 0 radical (unpaired) electrons. The summed E-state index contributed by atoms with van der Waals surface area (Å²) < 4.78 is 0. The van der Waals surface area contributed by atoms with Gasteiger partial charge in [0, 0.05) is 6.07 Å². The topological polar surface area (TPSA) is 167 Å². The fraction of sp³-hybridized carbons (Fsp3) is 0.125. The van der Waals surface area contributed by atoms with E-state index in [2.05, 4.69) is 0 Å². The van der Waals surface area contributed by atoms with E-state index in [4.69, 9.17) is 5.11 Å². The molecule has 0 amide bonds. The third-order valence-corrected chi connectivity index (χ3v) is 2.29. The van der Waals surface area contributed by atoms with E-state index in [1.165, 1.54) is 0 Å². The predicted molar refractivity (Wildman–Crippen MR) is 58.1 cm³/mol. The summed E-state index contributed by atoms with van der Waals surface area (Å²) in [4.78, 5) is 39.5. The Morgan fingerprint density at radius 2 is 1.53 bits per heavy atom. The molecular weight excluding hydrogens is 266 g/mol. The van der Waals surface area contributed by atoms with Crippen molar-refractivity contribution < 1.29 is 24.7 Å². The highest BCUT2D eigenvalue weighted by molar-refractivity contribution is 5.96. The molecule has 0 atom stereocenters. The number of carboxylic acid groups (broad SMARTS) is 1. The second-order valence-corrected chi connectivity index (χ2v) is 3.34. The van der Waals surface area contributed by atoms with Gasteiger partial charge in [0.15, 0.2) is 5.56 Å². The molecule has 1 N–H and O–H groups in total. The first-order valence-corrected chi connectivity index (χ1v) is 4.52. The molecule has 0 spiro atoms. The van der Waals surface area contributed by atoms with Crippen LogP contribution in [-0.2, 0) is 0 Å². The summed E-state index contributed by atoms with van der Waals surface area (Å²) in [7, 11) is 0. The highest BCUT2D eigenvalue weighted by Crippen LogP contribution is 2.39. The highest BCUT2D eigenvalue weighted by Gasteiger charge is 2.39. The SMILES string of the molecule is Cc1c([N+](=O)[O-])cc(C(=O)O)c([N+](=O)[O-])c1[N+](=O)[O-]. The monoisotopic (exact) mass is 271 g/mol. The van der Waals surface area contributed by atoms with Gasteiger partial charge in [-0.1, -0.05) is 0 Å². The van der Waals surface area contributed by atoms with Gasteiger partial charge in [-0.05, 0) is 6.92 Å². The number of nitro groups is 3. The lowest BCUT2D eigenvalue weighted by Gasteiger charge is -2.03. The van der Waals surface area contributed by atoms with Crippen LogP contribution in [0.4, 0.5) is 17.1 Å². The number of carboxylic acids is 1. The molecule has 1 aromatic rings. The third kappa shape index (κ3) is 2.29. The normalized spacial score (nSPS) is 9.95.